The monoisotopic (exact) mass is 294 g/mol. The zero-order chi connectivity index (χ0) is 15.6. The molecule has 0 spiro atoms. The van der Waals surface area contributed by atoms with Crippen LogP contribution in [-0.2, 0) is 4.79 Å². The van der Waals surface area contributed by atoms with Gasteiger partial charge in [-0.2, -0.15) is 0 Å². The van der Waals surface area contributed by atoms with Crippen LogP contribution >= 0.6 is 0 Å². The number of nitro benzene ring substituents is 1. The highest BCUT2D eigenvalue weighted by molar-refractivity contribution is 5.80. The van der Waals surface area contributed by atoms with Crippen LogP contribution in [0.3, 0.4) is 0 Å². The third-order valence-corrected chi connectivity index (χ3v) is 3.84. The number of ether oxygens (including phenoxy) is 1. The first-order valence-electron chi connectivity index (χ1n) is 6.76. The summed E-state index contributed by atoms with van der Waals surface area (Å²) < 4.78 is 5.00. The molecule has 1 aliphatic rings. The van der Waals surface area contributed by atoms with Crippen LogP contribution in [0.4, 0.5) is 11.4 Å². The Morgan fingerprint density at radius 3 is 2.81 bits per heavy atom. The minimum absolute atomic E-state index is 0.129. The van der Waals surface area contributed by atoms with Crippen molar-refractivity contribution in [3.63, 3.8) is 0 Å². The predicted octanol–water partition coefficient (Wildman–Crippen LogP) is 2.29. The van der Waals surface area contributed by atoms with Crippen molar-refractivity contribution in [2.24, 2.45) is 5.92 Å². The first kappa shape index (κ1) is 15.1. The Balaban J connectivity index is 2.43. The summed E-state index contributed by atoms with van der Waals surface area (Å²) in [5, 5.41) is 20.6. The van der Waals surface area contributed by atoms with E-state index in [4.69, 9.17) is 4.74 Å². The number of anilines is 1. The lowest BCUT2D eigenvalue weighted by atomic mass is 9.92. The van der Waals surface area contributed by atoms with Crippen LogP contribution in [0.15, 0.2) is 18.2 Å². The molecule has 1 fully saturated rings. The second-order valence-corrected chi connectivity index (χ2v) is 5.29. The number of nitrogens with zero attached hydrogens (tertiary/aromatic N) is 2. The van der Waals surface area contributed by atoms with Crippen LogP contribution in [0.25, 0.3) is 0 Å². The van der Waals surface area contributed by atoms with Crippen molar-refractivity contribution in [3.05, 3.63) is 28.3 Å². The van der Waals surface area contributed by atoms with Crippen LogP contribution < -0.4 is 9.64 Å². The first-order valence-corrected chi connectivity index (χ1v) is 6.76. The van der Waals surface area contributed by atoms with Gasteiger partial charge in [-0.3, -0.25) is 10.1 Å². The van der Waals surface area contributed by atoms with Crippen LogP contribution in [0.2, 0.25) is 0 Å². The lowest BCUT2D eigenvalue weighted by Gasteiger charge is -2.37. The van der Waals surface area contributed by atoms with Crippen molar-refractivity contribution in [1.29, 1.82) is 0 Å². The number of rotatable bonds is 4. The number of nitro groups is 1. The summed E-state index contributed by atoms with van der Waals surface area (Å²) in [6, 6.07) is 3.76. The Morgan fingerprint density at radius 1 is 1.52 bits per heavy atom. The number of aliphatic carboxylic acids is 1. The molecule has 1 aromatic rings. The highest BCUT2D eigenvalue weighted by atomic mass is 16.6. The second-order valence-electron chi connectivity index (χ2n) is 5.29. The fourth-order valence-corrected chi connectivity index (χ4v) is 2.68. The Morgan fingerprint density at radius 2 is 2.24 bits per heavy atom. The van der Waals surface area contributed by atoms with Crippen LogP contribution in [0.1, 0.15) is 19.8 Å². The molecule has 1 aliphatic heterocycles. The molecule has 2 unspecified atom stereocenters. The van der Waals surface area contributed by atoms with Gasteiger partial charge in [0.25, 0.3) is 5.69 Å². The van der Waals surface area contributed by atoms with Gasteiger partial charge in [0.05, 0.1) is 18.1 Å². The SMILES string of the molecule is COc1ccc(N2CCC(C)CC2C(=O)O)c([N+](=O)[O-])c1. The van der Waals surface area contributed by atoms with E-state index < -0.39 is 16.9 Å². The van der Waals surface area contributed by atoms with Crippen molar-refractivity contribution >= 4 is 17.3 Å². The van der Waals surface area contributed by atoms with E-state index in [1.807, 2.05) is 6.92 Å². The molecule has 7 heteroatoms. The maximum Gasteiger partial charge on any atom is 0.326 e. The van der Waals surface area contributed by atoms with E-state index in [0.717, 1.165) is 6.42 Å². The molecule has 0 aromatic heterocycles. The van der Waals surface area contributed by atoms with Gasteiger partial charge < -0.3 is 14.7 Å². The van der Waals surface area contributed by atoms with Crippen LogP contribution in [-0.4, -0.2) is 35.7 Å². The molecule has 0 aliphatic carbocycles. The molecule has 2 rings (SSSR count). The second kappa shape index (κ2) is 5.99. The molecular formula is C14H18N2O5. The molecule has 1 N–H and O–H groups in total. The smallest absolute Gasteiger partial charge is 0.326 e. The summed E-state index contributed by atoms with van der Waals surface area (Å²) in [5.74, 6) is -0.283. The Bertz CT molecular complexity index is 560. The van der Waals surface area contributed by atoms with E-state index in [9.17, 15) is 20.0 Å². The topological polar surface area (TPSA) is 92.9 Å². The minimum atomic E-state index is -0.952. The number of hydrogen-bond donors (Lipinski definition) is 1. The fourth-order valence-electron chi connectivity index (χ4n) is 2.68. The maximum atomic E-state index is 11.5. The van der Waals surface area contributed by atoms with Gasteiger partial charge in [0.1, 0.15) is 17.5 Å². The van der Waals surface area contributed by atoms with Crippen LogP contribution in [0.5, 0.6) is 5.75 Å². The lowest BCUT2D eigenvalue weighted by Crippen LogP contribution is -2.47. The van der Waals surface area contributed by atoms with Crippen LogP contribution in [0, 0.1) is 16.0 Å². The van der Waals surface area contributed by atoms with Gasteiger partial charge in [0.2, 0.25) is 0 Å². The zero-order valence-corrected chi connectivity index (χ0v) is 12.0. The maximum absolute atomic E-state index is 11.5. The molecule has 7 nitrogen and oxygen atoms in total. The van der Waals surface area contributed by atoms with E-state index in [2.05, 4.69) is 0 Å². The number of piperidine rings is 1. The minimum Gasteiger partial charge on any atom is -0.496 e. The largest absolute Gasteiger partial charge is 0.496 e. The molecule has 1 saturated heterocycles. The Labute approximate surface area is 122 Å². The van der Waals surface area contributed by atoms with E-state index in [-0.39, 0.29) is 5.69 Å². The summed E-state index contributed by atoms with van der Waals surface area (Å²) in [6.45, 7) is 2.49. The van der Waals surface area contributed by atoms with Gasteiger partial charge in [-0.25, -0.2) is 4.79 Å². The van der Waals surface area contributed by atoms with Crippen molar-refractivity contribution in [2.45, 2.75) is 25.8 Å². The molecule has 114 valence electrons. The zero-order valence-electron chi connectivity index (χ0n) is 12.0. The molecule has 2 atom stereocenters. The third-order valence-electron chi connectivity index (χ3n) is 3.84. The average molecular weight is 294 g/mol. The Hall–Kier alpha value is -2.31. The molecule has 21 heavy (non-hydrogen) atoms. The molecule has 0 radical (unpaired) electrons. The standard InChI is InChI=1S/C14H18N2O5/c1-9-5-6-15(13(7-9)14(17)18)11-4-3-10(21-2)8-12(11)16(19)20/h3-4,8-9,13H,5-7H2,1-2H3,(H,17,18). The fraction of sp³-hybridized carbons (Fsp3) is 0.500. The first-order chi connectivity index (χ1) is 9.93. The van der Waals surface area contributed by atoms with Gasteiger partial charge in [-0.05, 0) is 30.9 Å². The summed E-state index contributed by atoms with van der Waals surface area (Å²) in [7, 11) is 1.43. The summed E-state index contributed by atoms with van der Waals surface area (Å²) in [4.78, 5) is 23.8. The number of carbonyl (C=O) groups is 1. The Kier molecular flexibility index (Phi) is 4.30. The molecule has 1 aromatic carbocycles. The predicted molar refractivity (Wildman–Crippen MR) is 76.8 cm³/mol. The van der Waals surface area contributed by atoms with Crippen molar-refractivity contribution in [2.75, 3.05) is 18.6 Å². The van der Waals surface area contributed by atoms with Gasteiger partial charge in [-0.15, -0.1) is 0 Å². The molecule has 0 saturated carbocycles. The average Bonchev–Trinajstić information content (AvgIpc) is 2.46. The van der Waals surface area contributed by atoms with Gasteiger partial charge >= 0.3 is 5.97 Å². The highest BCUT2D eigenvalue weighted by Gasteiger charge is 2.35. The van der Waals surface area contributed by atoms with E-state index in [1.165, 1.54) is 13.2 Å². The van der Waals surface area contributed by atoms with Crippen molar-refractivity contribution in [1.82, 2.24) is 0 Å². The van der Waals surface area contributed by atoms with Gasteiger partial charge in [0, 0.05) is 6.54 Å². The number of benzene rings is 1. The highest BCUT2D eigenvalue weighted by Crippen LogP contribution is 2.36. The number of carboxylic acid groups (broad SMARTS) is 1. The number of hydrogen-bond acceptors (Lipinski definition) is 5. The van der Waals surface area contributed by atoms with E-state index in [0.29, 0.717) is 30.3 Å². The summed E-state index contributed by atoms with van der Waals surface area (Å²) in [6.07, 6.45) is 1.30. The van der Waals surface area contributed by atoms with Gasteiger partial charge in [0.15, 0.2) is 0 Å². The summed E-state index contributed by atoms with van der Waals surface area (Å²) in [5.41, 5.74) is 0.204. The molecule has 1 heterocycles. The molecular weight excluding hydrogens is 276 g/mol. The van der Waals surface area contributed by atoms with Gasteiger partial charge in [-0.1, -0.05) is 6.92 Å². The number of carboxylic acids is 1. The normalized spacial score (nSPS) is 21.9. The molecule has 0 bridgehead atoms. The number of methoxy groups -OCH3 is 1. The van der Waals surface area contributed by atoms with E-state index in [1.54, 1.807) is 17.0 Å². The summed E-state index contributed by atoms with van der Waals surface area (Å²) >= 11 is 0. The molecule has 0 amide bonds. The third kappa shape index (κ3) is 3.07. The van der Waals surface area contributed by atoms with E-state index >= 15 is 0 Å². The lowest BCUT2D eigenvalue weighted by molar-refractivity contribution is -0.384. The van der Waals surface area contributed by atoms with Crippen molar-refractivity contribution in [3.8, 4) is 5.75 Å². The quantitative estimate of drug-likeness (QED) is 0.676. The van der Waals surface area contributed by atoms with Crippen molar-refractivity contribution < 1.29 is 19.6 Å².